The SMILES string of the molecule is CC(C)(CO)C(=O)NC(COCCC(N)=O)COCCC(N)=O. The first-order valence-corrected chi connectivity index (χ1v) is 7.33. The van der Waals surface area contributed by atoms with Crippen LogP contribution in [0.25, 0.3) is 0 Å². The number of hydrogen-bond acceptors (Lipinski definition) is 6. The van der Waals surface area contributed by atoms with Crippen LogP contribution in [0.1, 0.15) is 26.7 Å². The Kier molecular flexibility index (Phi) is 10.1. The van der Waals surface area contributed by atoms with Crippen LogP contribution < -0.4 is 16.8 Å². The highest BCUT2D eigenvalue weighted by Gasteiger charge is 2.28. The van der Waals surface area contributed by atoms with Crippen molar-refractivity contribution in [1.29, 1.82) is 0 Å². The third kappa shape index (κ3) is 10.6. The lowest BCUT2D eigenvalue weighted by Crippen LogP contribution is -2.48. The average molecular weight is 333 g/mol. The zero-order valence-corrected chi connectivity index (χ0v) is 13.7. The quantitative estimate of drug-likeness (QED) is 0.294. The molecule has 0 aliphatic heterocycles. The van der Waals surface area contributed by atoms with E-state index in [0.29, 0.717) is 0 Å². The van der Waals surface area contributed by atoms with Crippen LogP contribution in [0.15, 0.2) is 0 Å². The second kappa shape index (κ2) is 10.9. The minimum Gasteiger partial charge on any atom is -0.395 e. The molecule has 9 nitrogen and oxygen atoms in total. The first-order valence-electron chi connectivity index (χ1n) is 7.33. The van der Waals surface area contributed by atoms with E-state index in [1.165, 1.54) is 0 Å². The number of hydrogen-bond donors (Lipinski definition) is 4. The predicted octanol–water partition coefficient (Wildman–Crippen LogP) is -1.73. The molecule has 0 aliphatic carbocycles. The van der Waals surface area contributed by atoms with E-state index in [-0.39, 0.29) is 51.8 Å². The third-order valence-corrected chi connectivity index (χ3v) is 2.97. The zero-order valence-electron chi connectivity index (χ0n) is 13.7. The van der Waals surface area contributed by atoms with Crippen LogP contribution >= 0.6 is 0 Å². The summed E-state index contributed by atoms with van der Waals surface area (Å²) in [6.07, 6.45) is 0.149. The molecule has 0 atom stereocenters. The molecule has 23 heavy (non-hydrogen) atoms. The predicted molar refractivity (Wildman–Crippen MR) is 82.1 cm³/mol. The monoisotopic (exact) mass is 333 g/mol. The van der Waals surface area contributed by atoms with Gasteiger partial charge in [0.15, 0.2) is 0 Å². The fourth-order valence-electron chi connectivity index (χ4n) is 1.38. The number of carbonyl (C=O) groups is 3. The lowest BCUT2D eigenvalue weighted by atomic mass is 9.93. The topological polar surface area (TPSA) is 154 Å². The summed E-state index contributed by atoms with van der Waals surface area (Å²) in [4.78, 5) is 33.3. The van der Waals surface area contributed by atoms with Gasteiger partial charge in [0, 0.05) is 12.8 Å². The molecule has 0 aromatic carbocycles. The first-order chi connectivity index (χ1) is 10.7. The highest BCUT2D eigenvalue weighted by molar-refractivity contribution is 5.82. The Morgan fingerprint density at radius 1 is 1.04 bits per heavy atom. The Morgan fingerprint density at radius 2 is 1.48 bits per heavy atom. The van der Waals surface area contributed by atoms with Gasteiger partial charge in [-0.1, -0.05) is 0 Å². The van der Waals surface area contributed by atoms with Crippen molar-refractivity contribution >= 4 is 17.7 Å². The van der Waals surface area contributed by atoms with Crippen LogP contribution in [0, 0.1) is 5.41 Å². The van der Waals surface area contributed by atoms with E-state index in [9.17, 15) is 19.5 Å². The molecule has 0 fully saturated rings. The number of ether oxygens (including phenoxy) is 2. The van der Waals surface area contributed by atoms with Gasteiger partial charge in [0.05, 0.1) is 44.5 Å². The van der Waals surface area contributed by atoms with Gasteiger partial charge in [0.2, 0.25) is 17.7 Å². The van der Waals surface area contributed by atoms with Crippen LogP contribution in [0.3, 0.4) is 0 Å². The number of aliphatic hydroxyl groups excluding tert-OH is 1. The van der Waals surface area contributed by atoms with Crippen molar-refractivity contribution in [3.8, 4) is 0 Å². The molecule has 9 heteroatoms. The highest BCUT2D eigenvalue weighted by atomic mass is 16.5. The van der Waals surface area contributed by atoms with Gasteiger partial charge >= 0.3 is 0 Å². The zero-order chi connectivity index (χ0) is 17.9. The van der Waals surface area contributed by atoms with Gasteiger partial charge in [-0.25, -0.2) is 0 Å². The Bertz CT molecular complexity index is 378. The molecule has 0 spiro atoms. The molecule has 0 bridgehead atoms. The molecule has 0 saturated heterocycles. The maximum atomic E-state index is 12.1. The number of rotatable bonds is 13. The van der Waals surface area contributed by atoms with Crippen LogP contribution in [0.5, 0.6) is 0 Å². The van der Waals surface area contributed by atoms with Crippen LogP contribution in [-0.2, 0) is 23.9 Å². The molecule has 0 rings (SSSR count). The highest BCUT2D eigenvalue weighted by Crippen LogP contribution is 2.13. The summed E-state index contributed by atoms with van der Waals surface area (Å²) in [6.45, 7) is 3.37. The molecular formula is C14H27N3O6. The van der Waals surface area contributed by atoms with Gasteiger partial charge in [-0.2, -0.15) is 0 Å². The van der Waals surface area contributed by atoms with E-state index in [4.69, 9.17) is 20.9 Å². The van der Waals surface area contributed by atoms with Gasteiger partial charge in [0.25, 0.3) is 0 Å². The maximum absolute atomic E-state index is 12.1. The molecule has 0 aliphatic rings. The van der Waals surface area contributed by atoms with Crippen molar-refractivity contribution in [2.75, 3.05) is 33.0 Å². The molecule has 0 radical (unpaired) electrons. The molecular weight excluding hydrogens is 306 g/mol. The molecule has 134 valence electrons. The minimum absolute atomic E-state index is 0.0747. The van der Waals surface area contributed by atoms with Gasteiger partial charge in [-0.05, 0) is 13.8 Å². The van der Waals surface area contributed by atoms with E-state index in [0.717, 1.165) is 0 Å². The summed E-state index contributed by atoms with van der Waals surface area (Å²) in [5.41, 5.74) is 9.07. The fourth-order valence-corrected chi connectivity index (χ4v) is 1.38. The van der Waals surface area contributed by atoms with Gasteiger partial charge < -0.3 is 31.4 Å². The number of nitrogens with one attached hydrogen (secondary N) is 1. The van der Waals surface area contributed by atoms with Crippen molar-refractivity contribution in [3.05, 3.63) is 0 Å². The second-order valence-electron chi connectivity index (χ2n) is 5.79. The van der Waals surface area contributed by atoms with E-state index in [2.05, 4.69) is 5.32 Å². The van der Waals surface area contributed by atoms with E-state index in [1.54, 1.807) is 13.8 Å². The van der Waals surface area contributed by atoms with E-state index < -0.39 is 23.3 Å². The summed E-state index contributed by atoms with van der Waals surface area (Å²) in [7, 11) is 0. The summed E-state index contributed by atoms with van der Waals surface area (Å²) < 4.78 is 10.6. The number of carbonyl (C=O) groups excluding carboxylic acids is 3. The molecule has 3 amide bonds. The number of primary amides is 2. The maximum Gasteiger partial charge on any atom is 0.228 e. The first kappa shape index (κ1) is 21.3. The summed E-state index contributed by atoms with van der Waals surface area (Å²) in [5.74, 6) is -1.32. The molecule has 0 unspecified atom stereocenters. The van der Waals surface area contributed by atoms with Gasteiger partial charge in [0.1, 0.15) is 0 Å². The number of aliphatic hydroxyl groups is 1. The third-order valence-electron chi connectivity index (χ3n) is 2.97. The second-order valence-corrected chi connectivity index (χ2v) is 5.79. The molecule has 0 aromatic heterocycles. The summed E-state index contributed by atoms with van der Waals surface area (Å²) in [5, 5.41) is 11.9. The van der Waals surface area contributed by atoms with Gasteiger partial charge in [-0.15, -0.1) is 0 Å². The summed E-state index contributed by atoms with van der Waals surface area (Å²) >= 11 is 0. The number of amides is 3. The van der Waals surface area contributed by atoms with Crippen LogP contribution in [0.4, 0.5) is 0 Å². The van der Waals surface area contributed by atoms with Gasteiger partial charge in [-0.3, -0.25) is 14.4 Å². The van der Waals surface area contributed by atoms with Crippen molar-refractivity contribution in [2.45, 2.75) is 32.7 Å². The Hall–Kier alpha value is -1.71. The average Bonchev–Trinajstić information content (AvgIpc) is 2.46. The minimum atomic E-state index is -0.946. The van der Waals surface area contributed by atoms with E-state index in [1.807, 2.05) is 0 Å². The Labute approximate surface area is 135 Å². The van der Waals surface area contributed by atoms with Crippen molar-refractivity contribution in [3.63, 3.8) is 0 Å². The summed E-state index contributed by atoms with van der Waals surface area (Å²) in [6, 6.07) is -0.492. The normalized spacial score (nSPS) is 11.5. The van der Waals surface area contributed by atoms with Crippen LogP contribution in [-0.4, -0.2) is 61.9 Å². The Morgan fingerprint density at radius 3 is 1.83 bits per heavy atom. The van der Waals surface area contributed by atoms with E-state index >= 15 is 0 Å². The van der Waals surface area contributed by atoms with Crippen molar-refractivity contribution in [2.24, 2.45) is 16.9 Å². The molecule has 0 aromatic rings. The van der Waals surface area contributed by atoms with Crippen LogP contribution in [0.2, 0.25) is 0 Å². The lowest BCUT2D eigenvalue weighted by Gasteiger charge is -2.25. The number of nitrogens with two attached hydrogens (primary N) is 2. The molecule has 6 N–H and O–H groups in total. The molecule has 0 saturated carbocycles. The van der Waals surface area contributed by atoms with Crippen molar-refractivity contribution in [1.82, 2.24) is 5.32 Å². The smallest absolute Gasteiger partial charge is 0.228 e. The Balaban J connectivity index is 4.38. The lowest BCUT2D eigenvalue weighted by molar-refractivity contribution is -0.133. The fraction of sp³-hybridized carbons (Fsp3) is 0.786. The standard InChI is InChI=1S/C14H27N3O6/c1-14(2,9-18)13(21)17-10(7-22-5-3-11(15)19)8-23-6-4-12(16)20/h10,18H,3-9H2,1-2H3,(H2,15,19)(H2,16,20)(H,17,21). The molecule has 0 heterocycles. The van der Waals surface area contributed by atoms with Crippen molar-refractivity contribution < 1.29 is 29.0 Å². The largest absolute Gasteiger partial charge is 0.395 e.